The summed E-state index contributed by atoms with van der Waals surface area (Å²) in [6, 6.07) is 8.18. The second-order valence-electron chi connectivity index (χ2n) is 4.22. The van der Waals surface area contributed by atoms with Crippen LogP contribution < -0.4 is 16.0 Å². The number of nitrogens with one attached hydrogen (secondary N) is 1. The topological polar surface area (TPSA) is 103 Å². The summed E-state index contributed by atoms with van der Waals surface area (Å²) < 4.78 is 5.58. The molecule has 0 bridgehead atoms. The van der Waals surface area contributed by atoms with Gasteiger partial charge in [-0.15, -0.1) is 0 Å². The zero-order chi connectivity index (χ0) is 14.7. The number of rotatable bonds is 4. The number of benzene rings is 1. The fourth-order valence-corrected chi connectivity index (χ4v) is 1.67. The van der Waals surface area contributed by atoms with Gasteiger partial charge in [0.1, 0.15) is 11.6 Å². The summed E-state index contributed by atoms with van der Waals surface area (Å²) in [5.74, 6) is 5.97. The fourth-order valence-electron chi connectivity index (χ4n) is 1.67. The highest BCUT2D eigenvalue weighted by molar-refractivity contribution is 5.51. The van der Waals surface area contributed by atoms with E-state index in [0.717, 1.165) is 11.1 Å². The number of nitro groups is 1. The van der Waals surface area contributed by atoms with E-state index in [0.29, 0.717) is 5.75 Å². The molecule has 0 aliphatic heterocycles. The number of hydrogen-bond acceptors (Lipinski definition) is 6. The van der Waals surface area contributed by atoms with E-state index < -0.39 is 4.92 Å². The quantitative estimate of drug-likeness (QED) is 0.504. The third-order valence-electron chi connectivity index (χ3n) is 2.95. The van der Waals surface area contributed by atoms with Gasteiger partial charge in [0.25, 0.3) is 0 Å². The first-order valence-corrected chi connectivity index (χ1v) is 5.89. The van der Waals surface area contributed by atoms with Crippen LogP contribution in [0.1, 0.15) is 11.1 Å². The molecule has 0 amide bonds. The lowest BCUT2D eigenvalue weighted by molar-refractivity contribution is -0.386. The molecule has 0 aliphatic carbocycles. The molecule has 0 unspecified atom stereocenters. The Bertz CT molecular complexity index is 658. The van der Waals surface area contributed by atoms with Crippen LogP contribution in [0, 0.1) is 24.0 Å². The predicted molar refractivity (Wildman–Crippen MR) is 74.7 cm³/mol. The van der Waals surface area contributed by atoms with Gasteiger partial charge in [-0.2, -0.15) is 4.98 Å². The minimum atomic E-state index is -0.548. The van der Waals surface area contributed by atoms with Crippen LogP contribution in [-0.2, 0) is 0 Å². The highest BCUT2D eigenvalue weighted by Gasteiger charge is 2.19. The van der Waals surface area contributed by atoms with Crippen LogP contribution in [0.4, 0.5) is 11.5 Å². The van der Waals surface area contributed by atoms with Crippen LogP contribution in [0.15, 0.2) is 30.3 Å². The van der Waals surface area contributed by atoms with Gasteiger partial charge in [0, 0.05) is 6.07 Å². The number of aryl methyl sites for hydroxylation is 1. The molecule has 0 spiro atoms. The van der Waals surface area contributed by atoms with Crippen LogP contribution in [0.2, 0.25) is 0 Å². The van der Waals surface area contributed by atoms with E-state index in [1.54, 1.807) is 6.07 Å². The van der Waals surface area contributed by atoms with Gasteiger partial charge in [-0.3, -0.25) is 10.1 Å². The monoisotopic (exact) mass is 274 g/mol. The Balaban J connectivity index is 2.46. The van der Waals surface area contributed by atoms with E-state index >= 15 is 0 Å². The van der Waals surface area contributed by atoms with Gasteiger partial charge in [-0.1, -0.05) is 12.1 Å². The van der Waals surface area contributed by atoms with Gasteiger partial charge in [0.05, 0.1) is 4.92 Å². The molecule has 1 heterocycles. The molecule has 0 radical (unpaired) electrons. The van der Waals surface area contributed by atoms with Crippen molar-refractivity contribution in [2.75, 3.05) is 5.43 Å². The fraction of sp³-hybridized carbons (Fsp3) is 0.154. The normalized spacial score (nSPS) is 10.2. The summed E-state index contributed by atoms with van der Waals surface area (Å²) in [4.78, 5) is 14.4. The molecule has 0 saturated carbocycles. The maximum absolute atomic E-state index is 11.0. The molecule has 7 nitrogen and oxygen atoms in total. The number of hydrogen-bond donors (Lipinski definition) is 2. The SMILES string of the molecule is Cc1cccc(Oc2nc(NN)ccc2[N+](=O)[O-])c1C. The van der Waals surface area contributed by atoms with Crippen molar-refractivity contribution in [2.45, 2.75) is 13.8 Å². The number of aromatic nitrogens is 1. The third-order valence-corrected chi connectivity index (χ3v) is 2.95. The van der Waals surface area contributed by atoms with E-state index in [9.17, 15) is 10.1 Å². The summed E-state index contributed by atoms with van der Waals surface area (Å²) in [7, 11) is 0. The molecule has 1 aromatic carbocycles. The Labute approximate surface area is 115 Å². The lowest BCUT2D eigenvalue weighted by Crippen LogP contribution is -2.09. The molecule has 7 heteroatoms. The number of hydrazine groups is 1. The Morgan fingerprint density at radius 3 is 2.70 bits per heavy atom. The molecule has 2 aromatic rings. The molecule has 2 rings (SSSR count). The standard InChI is InChI=1S/C13H14N4O3/c1-8-4-3-5-11(9(8)2)20-13-10(17(18)19)6-7-12(15-13)16-14/h3-7H,14H2,1-2H3,(H,15,16). The highest BCUT2D eigenvalue weighted by atomic mass is 16.6. The lowest BCUT2D eigenvalue weighted by Gasteiger charge is -2.10. The first-order chi connectivity index (χ1) is 9.52. The molecule has 1 aromatic heterocycles. The van der Waals surface area contributed by atoms with Crippen LogP contribution >= 0.6 is 0 Å². The van der Waals surface area contributed by atoms with Crippen molar-refractivity contribution in [2.24, 2.45) is 5.84 Å². The second-order valence-corrected chi connectivity index (χ2v) is 4.22. The Morgan fingerprint density at radius 1 is 1.30 bits per heavy atom. The van der Waals surface area contributed by atoms with E-state index in [1.807, 2.05) is 26.0 Å². The van der Waals surface area contributed by atoms with Crippen LogP contribution in [0.25, 0.3) is 0 Å². The third kappa shape index (κ3) is 2.67. The second kappa shape index (κ2) is 5.54. The van der Waals surface area contributed by atoms with Crippen molar-refractivity contribution in [3.8, 4) is 11.6 Å². The minimum absolute atomic E-state index is 0.0980. The van der Waals surface area contributed by atoms with Crippen molar-refractivity contribution in [1.29, 1.82) is 0 Å². The number of anilines is 1. The van der Waals surface area contributed by atoms with Gasteiger partial charge in [0.2, 0.25) is 0 Å². The number of ether oxygens (including phenoxy) is 1. The average Bonchev–Trinajstić information content (AvgIpc) is 2.43. The van der Waals surface area contributed by atoms with Gasteiger partial charge in [-0.25, -0.2) is 5.84 Å². The van der Waals surface area contributed by atoms with Gasteiger partial charge < -0.3 is 10.2 Å². The average molecular weight is 274 g/mol. The van der Waals surface area contributed by atoms with Crippen molar-refractivity contribution >= 4 is 11.5 Å². The molecule has 20 heavy (non-hydrogen) atoms. The first kappa shape index (κ1) is 13.8. The largest absolute Gasteiger partial charge is 0.433 e. The Kier molecular flexibility index (Phi) is 3.81. The maximum atomic E-state index is 11.0. The van der Waals surface area contributed by atoms with Gasteiger partial charge in [0.15, 0.2) is 0 Å². The zero-order valence-electron chi connectivity index (χ0n) is 11.1. The molecule has 0 fully saturated rings. The summed E-state index contributed by atoms with van der Waals surface area (Å²) in [5, 5.41) is 11.0. The molecule has 0 atom stereocenters. The molecular formula is C13H14N4O3. The number of nitrogens with zero attached hydrogens (tertiary/aromatic N) is 2. The van der Waals surface area contributed by atoms with E-state index in [2.05, 4.69) is 10.4 Å². The molecule has 3 N–H and O–H groups in total. The van der Waals surface area contributed by atoms with Crippen molar-refractivity contribution in [3.63, 3.8) is 0 Å². The summed E-state index contributed by atoms with van der Waals surface area (Å²) in [6.45, 7) is 3.81. The number of nitrogen functional groups attached to an aromatic ring is 1. The highest BCUT2D eigenvalue weighted by Crippen LogP contribution is 2.32. The minimum Gasteiger partial charge on any atom is -0.433 e. The smallest absolute Gasteiger partial charge is 0.331 e. The van der Waals surface area contributed by atoms with Gasteiger partial charge in [-0.05, 0) is 37.1 Å². The first-order valence-electron chi connectivity index (χ1n) is 5.89. The predicted octanol–water partition coefficient (Wildman–Crippen LogP) is 2.68. The van der Waals surface area contributed by atoms with Crippen molar-refractivity contribution in [1.82, 2.24) is 4.98 Å². The summed E-state index contributed by atoms with van der Waals surface area (Å²) in [6.07, 6.45) is 0. The Morgan fingerprint density at radius 2 is 2.05 bits per heavy atom. The van der Waals surface area contributed by atoms with Crippen LogP contribution in [0.3, 0.4) is 0 Å². The van der Waals surface area contributed by atoms with E-state index in [1.165, 1.54) is 12.1 Å². The van der Waals surface area contributed by atoms with Crippen LogP contribution in [-0.4, -0.2) is 9.91 Å². The molecule has 104 valence electrons. The summed E-state index contributed by atoms with van der Waals surface area (Å²) in [5.41, 5.74) is 4.04. The van der Waals surface area contributed by atoms with Gasteiger partial charge >= 0.3 is 11.6 Å². The van der Waals surface area contributed by atoms with E-state index in [-0.39, 0.29) is 17.4 Å². The molecule has 0 saturated heterocycles. The maximum Gasteiger partial charge on any atom is 0.331 e. The number of pyridine rings is 1. The van der Waals surface area contributed by atoms with Crippen LogP contribution in [0.5, 0.6) is 11.6 Å². The Hall–Kier alpha value is -2.67. The lowest BCUT2D eigenvalue weighted by atomic mass is 10.1. The van der Waals surface area contributed by atoms with E-state index in [4.69, 9.17) is 10.6 Å². The van der Waals surface area contributed by atoms with Crippen molar-refractivity contribution in [3.05, 3.63) is 51.6 Å². The van der Waals surface area contributed by atoms with Crippen molar-refractivity contribution < 1.29 is 9.66 Å². The zero-order valence-corrected chi connectivity index (χ0v) is 11.1. The summed E-state index contributed by atoms with van der Waals surface area (Å²) >= 11 is 0. The number of nitrogens with two attached hydrogens (primary N) is 1. The molecular weight excluding hydrogens is 260 g/mol. The molecule has 0 aliphatic rings.